The maximum atomic E-state index is 12.2. The van der Waals surface area contributed by atoms with Crippen LogP contribution in [0.1, 0.15) is 34.2 Å². The van der Waals surface area contributed by atoms with E-state index in [0.29, 0.717) is 12.8 Å². The van der Waals surface area contributed by atoms with E-state index in [0.717, 1.165) is 49.6 Å². The van der Waals surface area contributed by atoms with Crippen LogP contribution in [0.2, 0.25) is 0 Å². The molecule has 5 rings (SSSR count). The second kappa shape index (κ2) is 17.9. The fourth-order valence-electron chi connectivity index (χ4n) is 5.04. The van der Waals surface area contributed by atoms with E-state index in [1.54, 1.807) is 12.4 Å². The molecule has 0 saturated heterocycles. The van der Waals surface area contributed by atoms with E-state index in [1.165, 1.54) is 14.2 Å². The molecule has 2 atom stereocenters. The molecule has 0 aliphatic carbocycles. The molecule has 0 spiro atoms. The van der Waals surface area contributed by atoms with E-state index < -0.39 is 29.9 Å². The first-order valence-corrected chi connectivity index (χ1v) is 14.1. The van der Waals surface area contributed by atoms with Gasteiger partial charge in [-0.1, -0.05) is 42.5 Å². The number of carbonyl (C=O) groups is 3. The van der Waals surface area contributed by atoms with Gasteiger partial charge in [-0.3, -0.25) is 24.6 Å². The van der Waals surface area contributed by atoms with Crippen molar-refractivity contribution in [3.05, 3.63) is 102 Å². The van der Waals surface area contributed by atoms with E-state index in [-0.39, 0.29) is 40.9 Å². The van der Waals surface area contributed by atoms with Crippen molar-refractivity contribution in [3.63, 3.8) is 0 Å². The second-order valence-electron chi connectivity index (χ2n) is 10.6. The Bertz CT molecular complexity index is 1740. The third kappa shape index (κ3) is 10.1. The molecule has 12 heteroatoms. The fraction of sp³-hybridized carbons (Fsp3) is 0.294. The van der Waals surface area contributed by atoms with Crippen molar-refractivity contribution in [2.45, 2.75) is 45.8 Å². The molecule has 0 aliphatic rings. The number of aromatic amines is 2. The van der Waals surface area contributed by atoms with Crippen LogP contribution in [0.15, 0.2) is 67.0 Å². The number of fused-ring (bicyclic) bond motifs is 2. The quantitative estimate of drug-likeness (QED) is 0.0804. The van der Waals surface area contributed by atoms with Crippen molar-refractivity contribution in [3.8, 4) is 0 Å². The summed E-state index contributed by atoms with van der Waals surface area (Å²) >= 11 is 0. The molecular formula is C34H40N5O6Pd-. The molecule has 3 aromatic carbocycles. The van der Waals surface area contributed by atoms with Gasteiger partial charge in [0, 0.05) is 31.2 Å². The minimum absolute atomic E-state index is 0. The van der Waals surface area contributed by atoms with Gasteiger partial charge in [-0.15, -0.1) is 0 Å². The second-order valence-corrected chi connectivity index (χ2v) is 10.6. The Balaban J connectivity index is 0.000000336. The van der Waals surface area contributed by atoms with Crippen molar-refractivity contribution in [1.82, 2.24) is 20.4 Å². The standard InChI is InChI=1S/C21H22N2O4.C12H15N3O2.CH3.Pd/c1-14-8-16(10-18-12-22-23-20(14)18)9-17(21(25)26-2)11-19(24)27-13-15-6-4-3-5-7-15;1-7-3-8(5-10(13)12(16)17-2)4-9-6-14-15-11(7)9;;/h3-8,10,12,17H,9,11,13H2,1-2H3,(H,22,23);3-4,6,10H,5,13H2,1-2H3,(H,14,15);1H3;/q;;-1;/t17-;10-;;/m01../s1. The summed E-state index contributed by atoms with van der Waals surface area (Å²) in [6.45, 7) is 4.16. The monoisotopic (exact) mass is 720 g/mol. The summed E-state index contributed by atoms with van der Waals surface area (Å²) < 4.78 is 14.8. The summed E-state index contributed by atoms with van der Waals surface area (Å²) in [5.74, 6) is -1.83. The van der Waals surface area contributed by atoms with Gasteiger partial charge in [0.2, 0.25) is 0 Å². The third-order valence-electron chi connectivity index (χ3n) is 7.24. The predicted octanol–water partition coefficient (Wildman–Crippen LogP) is 4.70. The van der Waals surface area contributed by atoms with Gasteiger partial charge in [0.1, 0.15) is 12.6 Å². The third-order valence-corrected chi connectivity index (χ3v) is 7.24. The molecule has 0 saturated carbocycles. The van der Waals surface area contributed by atoms with Crippen LogP contribution in [-0.4, -0.2) is 58.6 Å². The Morgan fingerprint density at radius 2 is 1.30 bits per heavy atom. The number of esters is 3. The average molecular weight is 721 g/mol. The summed E-state index contributed by atoms with van der Waals surface area (Å²) in [4.78, 5) is 35.7. The number of methoxy groups -OCH3 is 2. The van der Waals surface area contributed by atoms with Crippen molar-refractivity contribution in [2.24, 2.45) is 11.7 Å². The van der Waals surface area contributed by atoms with Crippen molar-refractivity contribution in [1.29, 1.82) is 0 Å². The zero-order valence-electron chi connectivity index (χ0n) is 26.6. The smallest absolute Gasteiger partial charge is 0.322 e. The summed E-state index contributed by atoms with van der Waals surface area (Å²) in [7, 11) is 2.67. The molecule has 0 unspecified atom stereocenters. The first kappa shape index (κ1) is 37.8. The van der Waals surface area contributed by atoms with E-state index in [2.05, 4.69) is 25.1 Å². The molecule has 0 bridgehead atoms. The van der Waals surface area contributed by atoms with Gasteiger partial charge in [0.25, 0.3) is 0 Å². The first-order valence-electron chi connectivity index (χ1n) is 14.1. The minimum Gasteiger partial charge on any atom is -0.469 e. The first-order chi connectivity index (χ1) is 21.2. The number of hydrogen-bond donors (Lipinski definition) is 3. The molecule has 248 valence electrons. The molecule has 2 heterocycles. The molecule has 11 nitrogen and oxygen atoms in total. The van der Waals surface area contributed by atoms with E-state index in [4.69, 9.17) is 15.2 Å². The molecule has 0 fully saturated rings. The zero-order valence-corrected chi connectivity index (χ0v) is 28.1. The maximum absolute atomic E-state index is 12.2. The molecule has 0 amide bonds. The molecule has 2 aromatic heterocycles. The summed E-state index contributed by atoms with van der Waals surface area (Å²) in [5.41, 5.74) is 12.7. The number of nitrogens with one attached hydrogen (secondary N) is 2. The molecule has 0 aliphatic heterocycles. The Kier molecular flexibility index (Phi) is 14.8. The molecule has 5 aromatic rings. The Hall–Kier alpha value is -4.37. The van der Waals surface area contributed by atoms with Crippen molar-refractivity contribution < 1.29 is 49.0 Å². The van der Waals surface area contributed by atoms with E-state index in [9.17, 15) is 14.4 Å². The van der Waals surface area contributed by atoms with Gasteiger partial charge in [0.15, 0.2) is 0 Å². The number of aryl methyl sites for hydroxylation is 2. The number of nitrogens with zero attached hydrogens (tertiary/aromatic N) is 2. The van der Waals surface area contributed by atoms with Crippen LogP contribution in [0.5, 0.6) is 0 Å². The SMILES string of the molecule is COC(=O)[C@H](CC(=O)OCc1ccccc1)Cc1cc(C)c2[nH]ncc2c1.COC(=O)[C@H](N)Cc1cc(C)c2[nH]ncc2c1.[CH3-].[Pd]. The van der Waals surface area contributed by atoms with Crippen LogP contribution in [0.4, 0.5) is 0 Å². The van der Waals surface area contributed by atoms with Gasteiger partial charge < -0.3 is 27.4 Å². The van der Waals surface area contributed by atoms with E-state index in [1.807, 2.05) is 68.4 Å². The van der Waals surface area contributed by atoms with E-state index >= 15 is 0 Å². The average Bonchev–Trinajstić information content (AvgIpc) is 3.70. The van der Waals surface area contributed by atoms with Gasteiger partial charge in [-0.25, -0.2) is 0 Å². The van der Waals surface area contributed by atoms with Crippen molar-refractivity contribution >= 4 is 39.7 Å². The summed E-state index contributed by atoms with van der Waals surface area (Å²) in [6, 6.07) is 16.8. The Labute approximate surface area is 282 Å². The van der Waals surface area contributed by atoms with Crippen LogP contribution in [0, 0.1) is 27.2 Å². The summed E-state index contributed by atoms with van der Waals surface area (Å²) in [5, 5.41) is 15.9. The number of ether oxygens (including phenoxy) is 3. The van der Waals surface area contributed by atoms with Crippen LogP contribution >= 0.6 is 0 Å². The Morgan fingerprint density at radius 1 is 0.783 bits per heavy atom. The minimum atomic E-state index is -0.622. The fourth-order valence-corrected chi connectivity index (χ4v) is 5.04. The van der Waals surface area contributed by atoms with Gasteiger partial charge in [0.05, 0.1) is 50.0 Å². The van der Waals surface area contributed by atoms with Crippen LogP contribution in [-0.2, 0) is 68.5 Å². The van der Waals surface area contributed by atoms with Crippen LogP contribution in [0.3, 0.4) is 0 Å². The molecule has 4 N–H and O–H groups in total. The number of H-pyrrole nitrogens is 2. The molecule has 46 heavy (non-hydrogen) atoms. The number of nitrogens with two attached hydrogens (primary N) is 1. The van der Waals surface area contributed by atoms with Gasteiger partial charge >= 0.3 is 17.9 Å². The maximum Gasteiger partial charge on any atom is 0.322 e. The normalized spacial score (nSPS) is 11.7. The predicted molar refractivity (Wildman–Crippen MR) is 172 cm³/mol. The Morgan fingerprint density at radius 3 is 1.83 bits per heavy atom. The molecular weight excluding hydrogens is 681 g/mol. The number of hydrogen-bond acceptors (Lipinski definition) is 9. The summed E-state index contributed by atoms with van der Waals surface area (Å²) in [6.07, 6.45) is 4.34. The topological polar surface area (TPSA) is 162 Å². The zero-order chi connectivity index (χ0) is 31.6. The number of rotatable bonds is 10. The van der Waals surface area contributed by atoms with Gasteiger partial charge in [-0.05, 0) is 66.6 Å². The van der Waals surface area contributed by atoms with Crippen LogP contribution < -0.4 is 5.73 Å². The number of benzene rings is 3. The number of carbonyl (C=O) groups excluding carboxylic acids is 3. The largest absolute Gasteiger partial charge is 0.469 e. The number of aromatic nitrogens is 4. The molecule has 0 radical (unpaired) electrons. The van der Waals surface area contributed by atoms with Crippen molar-refractivity contribution in [2.75, 3.05) is 14.2 Å². The van der Waals surface area contributed by atoms with Gasteiger partial charge in [-0.2, -0.15) is 10.2 Å². The van der Waals surface area contributed by atoms with Crippen LogP contribution in [0.25, 0.3) is 21.8 Å².